The highest BCUT2D eigenvalue weighted by molar-refractivity contribution is 7.08. The Hall–Kier alpha value is -1.93. The molecule has 2 aliphatic rings. The first-order valence-corrected chi connectivity index (χ1v) is 10.6. The molecule has 0 radical (unpaired) electrons. The van der Waals surface area contributed by atoms with Gasteiger partial charge in [-0.25, -0.2) is 0 Å². The molecule has 0 saturated carbocycles. The topological polar surface area (TPSA) is 64.1 Å². The van der Waals surface area contributed by atoms with Gasteiger partial charge in [-0.15, -0.1) is 0 Å². The maximum absolute atomic E-state index is 12.7. The lowest BCUT2D eigenvalue weighted by atomic mass is 10.1. The lowest BCUT2D eigenvalue weighted by Crippen LogP contribution is -2.54. The zero-order valence-electron chi connectivity index (χ0n) is 15.3. The van der Waals surface area contributed by atoms with Gasteiger partial charge in [0.2, 0.25) is 0 Å². The minimum atomic E-state index is -0.588. The number of rotatable bonds is 3. The maximum Gasteiger partial charge on any atom is 0.254 e. The minimum Gasteiger partial charge on any atom is -0.390 e. The number of carbonyl (C=O) groups is 2. The van der Waals surface area contributed by atoms with E-state index in [9.17, 15) is 14.7 Å². The van der Waals surface area contributed by atoms with E-state index < -0.39 is 6.10 Å². The molecule has 2 aromatic rings. The molecule has 8 heteroatoms. The number of likely N-dealkylation sites (tertiary alicyclic amines) is 1. The number of hydrogen-bond donors (Lipinski definition) is 1. The molecule has 0 bridgehead atoms. The first-order valence-electron chi connectivity index (χ1n) is 9.31. The molecule has 1 aromatic heterocycles. The van der Waals surface area contributed by atoms with Gasteiger partial charge in [-0.3, -0.25) is 14.5 Å². The highest BCUT2D eigenvalue weighted by atomic mass is 35.5. The van der Waals surface area contributed by atoms with Crippen LogP contribution in [0, 0.1) is 0 Å². The summed E-state index contributed by atoms with van der Waals surface area (Å²) < 4.78 is 0. The molecule has 148 valence electrons. The van der Waals surface area contributed by atoms with Gasteiger partial charge in [0, 0.05) is 55.2 Å². The highest BCUT2D eigenvalue weighted by Crippen LogP contribution is 2.22. The van der Waals surface area contributed by atoms with Crippen molar-refractivity contribution in [1.29, 1.82) is 0 Å². The predicted molar refractivity (Wildman–Crippen MR) is 109 cm³/mol. The van der Waals surface area contributed by atoms with Crippen molar-refractivity contribution in [2.45, 2.75) is 12.1 Å². The van der Waals surface area contributed by atoms with Gasteiger partial charge >= 0.3 is 0 Å². The quantitative estimate of drug-likeness (QED) is 0.827. The third-order valence-electron chi connectivity index (χ3n) is 5.48. The van der Waals surface area contributed by atoms with Crippen LogP contribution < -0.4 is 0 Å². The van der Waals surface area contributed by atoms with E-state index in [0.717, 1.165) is 5.56 Å². The summed E-state index contributed by atoms with van der Waals surface area (Å²) in [6, 6.07) is 8.55. The average Bonchev–Trinajstić information content (AvgIpc) is 3.38. The molecule has 2 aliphatic heterocycles. The van der Waals surface area contributed by atoms with Crippen LogP contribution in [0.15, 0.2) is 41.1 Å². The molecule has 0 aliphatic carbocycles. The van der Waals surface area contributed by atoms with E-state index in [1.54, 1.807) is 29.2 Å². The van der Waals surface area contributed by atoms with Gasteiger partial charge < -0.3 is 14.9 Å². The number of benzene rings is 1. The van der Waals surface area contributed by atoms with Crippen LogP contribution in [0.1, 0.15) is 20.7 Å². The summed E-state index contributed by atoms with van der Waals surface area (Å²) in [4.78, 5) is 30.9. The van der Waals surface area contributed by atoms with Crippen LogP contribution in [0.5, 0.6) is 0 Å². The molecule has 1 N–H and O–H groups in total. The van der Waals surface area contributed by atoms with Crippen LogP contribution in [0.2, 0.25) is 5.02 Å². The number of thiophene rings is 1. The molecule has 0 spiro atoms. The summed E-state index contributed by atoms with van der Waals surface area (Å²) in [5.74, 6) is -0.0306. The van der Waals surface area contributed by atoms with Crippen molar-refractivity contribution < 1.29 is 14.7 Å². The predicted octanol–water partition coefficient (Wildman–Crippen LogP) is 2.04. The molecule has 1 aromatic carbocycles. The summed E-state index contributed by atoms with van der Waals surface area (Å²) >= 11 is 7.41. The second kappa shape index (κ2) is 8.21. The Kier molecular flexibility index (Phi) is 5.68. The number of nitrogens with zero attached hydrogens (tertiary/aromatic N) is 3. The third-order valence-corrected chi connectivity index (χ3v) is 6.41. The number of piperazine rings is 1. The normalized spacial score (nSPS) is 23.2. The largest absolute Gasteiger partial charge is 0.390 e. The molecule has 2 saturated heterocycles. The average molecular weight is 420 g/mol. The Morgan fingerprint density at radius 2 is 1.61 bits per heavy atom. The number of carbonyl (C=O) groups excluding carboxylic acids is 2. The Morgan fingerprint density at radius 3 is 2.25 bits per heavy atom. The number of halogens is 1. The molecule has 2 fully saturated rings. The van der Waals surface area contributed by atoms with Crippen molar-refractivity contribution in [3.8, 4) is 0 Å². The molecular formula is C20H22ClN3O3S. The van der Waals surface area contributed by atoms with Gasteiger partial charge in [-0.2, -0.15) is 11.3 Å². The lowest BCUT2D eigenvalue weighted by Gasteiger charge is -2.38. The zero-order valence-corrected chi connectivity index (χ0v) is 16.9. The van der Waals surface area contributed by atoms with Crippen molar-refractivity contribution in [3.63, 3.8) is 0 Å². The summed E-state index contributed by atoms with van der Waals surface area (Å²) in [7, 11) is 0. The van der Waals surface area contributed by atoms with E-state index in [2.05, 4.69) is 4.90 Å². The summed E-state index contributed by atoms with van der Waals surface area (Å²) in [6.45, 7) is 3.45. The van der Waals surface area contributed by atoms with E-state index in [-0.39, 0.29) is 17.9 Å². The second-order valence-corrected chi connectivity index (χ2v) is 8.41. The molecule has 0 unspecified atom stereocenters. The number of aliphatic hydroxyl groups excluding tert-OH is 1. The van der Waals surface area contributed by atoms with Crippen LogP contribution in [0.25, 0.3) is 0 Å². The van der Waals surface area contributed by atoms with E-state index in [4.69, 9.17) is 11.6 Å². The monoisotopic (exact) mass is 419 g/mol. The van der Waals surface area contributed by atoms with Crippen molar-refractivity contribution in [2.75, 3.05) is 39.3 Å². The molecule has 3 heterocycles. The van der Waals surface area contributed by atoms with Gasteiger partial charge in [0.15, 0.2) is 0 Å². The Balaban J connectivity index is 1.35. The number of hydrogen-bond acceptors (Lipinski definition) is 5. The highest BCUT2D eigenvalue weighted by Gasteiger charge is 2.39. The van der Waals surface area contributed by atoms with Gasteiger partial charge in [0.1, 0.15) is 0 Å². The SMILES string of the molecule is O=C(c1ccsc1)N1CCN([C@H]2CN(C(=O)c3ccc(Cl)cc3)C[C@@H]2O)CC1. The van der Waals surface area contributed by atoms with Gasteiger partial charge in [0.25, 0.3) is 11.8 Å². The third kappa shape index (κ3) is 3.93. The fourth-order valence-electron chi connectivity index (χ4n) is 3.89. The van der Waals surface area contributed by atoms with Gasteiger partial charge in [-0.05, 0) is 35.7 Å². The smallest absolute Gasteiger partial charge is 0.254 e. The lowest BCUT2D eigenvalue weighted by molar-refractivity contribution is 0.0376. The Labute approximate surface area is 172 Å². The van der Waals surface area contributed by atoms with E-state index in [1.807, 2.05) is 21.7 Å². The van der Waals surface area contributed by atoms with E-state index >= 15 is 0 Å². The summed E-state index contributed by atoms with van der Waals surface area (Å²) in [5.41, 5.74) is 1.31. The summed E-state index contributed by atoms with van der Waals surface area (Å²) in [5, 5.41) is 14.9. The van der Waals surface area contributed by atoms with Crippen LogP contribution >= 0.6 is 22.9 Å². The molecular weight excluding hydrogens is 398 g/mol. The molecule has 6 nitrogen and oxygen atoms in total. The zero-order chi connectivity index (χ0) is 19.7. The van der Waals surface area contributed by atoms with Crippen LogP contribution in [-0.2, 0) is 0 Å². The maximum atomic E-state index is 12.7. The van der Waals surface area contributed by atoms with Crippen molar-refractivity contribution in [1.82, 2.24) is 14.7 Å². The summed E-state index contributed by atoms with van der Waals surface area (Å²) in [6.07, 6.45) is -0.588. The van der Waals surface area contributed by atoms with Crippen LogP contribution in [-0.4, -0.2) is 83.0 Å². The van der Waals surface area contributed by atoms with Crippen LogP contribution in [0.3, 0.4) is 0 Å². The van der Waals surface area contributed by atoms with E-state index in [1.165, 1.54) is 11.3 Å². The number of aliphatic hydroxyl groups is 1. The number of β-amino-alcohol motifs (C(OH)–C–C–N with tert-alkyl or cyclic N) is 1. The number of amides is 2. The molecule has 28 heavy (non-hydrogen) atoms. The van der Waals surface area contributed by atoms with Crippen molar-refractivity contribution in [3.05, 3.63) is 57.2 Å². The van der Waals surface area contributed by atoms with Gasteiger partial charge in [0.05, 0.1) is 17.7 Å². The minimum absolute atomic E-state index is 0.0624. The van der Waals surface area contributed by atoms with Crippen molar-refractivity contribution >= 4 is 34.8 Å². The fourth-order valence-corrected chi connectivity index (χ4v) is 4.65. The van der Waals surface area contributed by atoms with Crippen molar-refractivity contribution in [2.24, 2.45) is 0 Å². The van der Waals surface area contributed by atoms with Gasteiger partial charge in [-0.1, -0.05) is 11.6 Å². The standard InChI is InChI=1S/C20H22ClN3O3S/c21-16-3-1-14(2-4-16)19(26)24-11-17(18(25)12-24)22-6-8-23(9-7-22)20(27)15-5-10-28-13-15/h1-5,10,13,17-18,25H,6-9,11-12H2/t17-,18-/m0/s1. The first-order chi connectivity index (χ1) is 13.5. The molecule has 2 atom stereocenters. The van der Waals surface area contributed by atoms with Crippen LogP contribution in [0.4, 0.5) is 0 Å². The fraction of sp³-hybridized carbons (Fsp3) is 0.400. The Morgan fingerprint density at radius 1 is 0.929 bits per heavy atom. The molecule has 2 amide bonds. The second-order valence-electron chi connectivity index (χ2n) is 7.19. The molecule has 4 rings (SSSR count). The first kappa shape index (κ1) is 19.4. The Bertz CT molecular complexity index is 835. The van der Waals surface area contributed by atoms with E-state index in [0.29, 0.717) is 49.9 Å².